The molecule has 0 bridgehead atoms. The molecule has 0 spiro atoms. The van der Waals surface area contributed by atoms with Gasteiger partial charge in [0.2, 0.25) is 11.8 Å². The molecule has 7 N–H and O–H groups in total. The third-order valence-corrected chi connectivity index (χ3v) is 9.74. The van der Waals surface area contributed by atoms with Gasteiger partial charge in [0.1, 0.15) is 6.04 Å². The van der Waals surface area contributed by atoms with Crippen molar-refractivity contribution in [3.63, 3.8) is 0 Å². The Balaban J connectivity index is 0.00000468. The highest BCUT2D eigenvalue weighted by Crippen LogP contribution is 2.29. The number of nitrogens with one attached hydrogen (secondary N) is 5. The van der Waals surface area contributed by atoms with Gasteiger partial charge in [-0.15, -0.1) is 12.4 Å². The number of aryl methyl sites for hydroxylation is 1. The van der Waals surface area contributed by atoms with Gasteiger partial charge >= 0.3 is 5.76 Å². The maximum atomic E-state index is 13.6. The molecule has 1 atom stereocenters. The molecule has 0 radical (unpaired) electrons. The predicted octanol–water partition coefficient (Wildman–Crippen LogP) is 4.43. The first-order valence-electron chi connectivity index (χ1n) is 16.9. The minimum absolute atomic E-state index is 0. The molecule has 260 valence electrons. The molecule has 3 amide bonds. The molecule has 0 unspecified atom stereocenters. The van der Waals surface area contributed by atoms with Gasteiger partial charge in [0, 0.05) is 35.7 Å². The largest absolute Gasteiger partial charge is 0.417 e. The number of aromatic nitrogens is 1. The number of piperidine rings is 1. The molecule has 1 aromatic heterocycles. The monoisotopic (exact) mass is 688 g/mol. The van der Waals surface area contributed by atoms with Crippen LogP contribution in [0.25, 0.3) is 22.2 Å². The second-order valence-corrected chi connectivity index (χ2v) is 13.2. The van der Waals surface area contributed by atoms with Crippen molar-refractivity contribution in [2.75, 3.05) is 25.0 Å². The molecule has 2 aliphatic rings. The van der Waals surface area contributed by atoms with Crippen molar-refractivity contribution in [1.82, 2.24) is 20.9 Å². The zero-order chi connectivity index (χ0) is 33.6. The summed E-state index contributed by atoms with van der Waals surface area (Å²) in [5.74, 6) is -0.849. The van der Waals surface area contributed by atoms with Crippen LogP contribution in [0.3, 0.4) is 0 Å². The van der Waals surface area contributed by atoms with Crippen molar-refractivity contribution >= 4 is 46.9 Å². The van der Waals surface area contributed by atoms with Gasteiger partial charge in [-0.25, -0.2) is 4.79 Å². The van der Waals surface area contributed by atoms with E-state index in [1.165, 1.54) is 0 Å². The molecular formula is C37H45ClN6O5. The Bertz CT molecular complexity index is 1820. The van der Waals surface area contributed by atoms with E-state index < -0.39 is 11.8 Å². The molecule has 2 fully saturated rings. The van der Waals surface area contributed by atoms with E-state index >= 15 is 0 Å². The van der Waals surface area contributed by atoms with Gasteiger partial charge in [0.15, 0.2) is 5.58 Å². The minimum atomic E-state index is -0.830. The van der Waals surface area contributed by atoms with Crippen molar-refractivity contribution in [3.05, 3.63) is 87.9 Å². The Hall–Kier alpha value is -4.45. The van der Waals surface area contributed by atoms with E-state index in [4.69, 9.17) is 10.2 Å². The van der Waals surface area contributed by atoms with Crippen LogP contribution in [0.1, 0.15) is 60.0 Å². The topological polar surface area (TPSA) is 171 Å². The van der Waals surface area contributed by atoms with Gasteiger partial charge in [-0.1, -0.05) is 30.3 Å². The van der Waals surface area contributed by atoms with Gasteiger partial charge in [-0.05, 0) is 118 Å². The van der Waals surface area contributed by atoms with Crippen LogP contribution < -0.4 is 32.8 Å². The number of carbonyl (C=O) groups is 3. The number of hydrogen-bond acceptors (Lipinski definition) is 7. The van der Waals surface area contributed by atoms with E-state index in [0.717, 1.165) is 73.9 Å². The summed E-state index contributed by atoms with van der Waals surface area (Å²) in [6.45, 7) is 4.45. The van der Waals surface area contributed by atoms with E-state index in [1.54, 1.807) is 18.2 Å². The summed E-state index contributed by atoms with van der Waals surface area (Å²) >= 11 is 0. The lowest BCUT2D eigenvalue weighted by Gasteiger charge is -2.28. The summed E-state index contributed by atoms with van der Waals surface area (Å²) in [7, 11) is 0. The molecule has 6 rings (SSSR count). The number of H-pyrrole nitrogens is 1. The highest BCUT2D eigenvalue weighted by atomic mass is 35.5. The van der Waals surface area contributed by atoms with Gasteiger partial charge in [0.25, 0.3) is 5.91 Å². The Morgan fingerprint density at radius 1 is 0.939 bits per heavy atom. The lowest BCUT2D eigenvalue weighted by molar-refractivity contribution is -0.130. The summed E-state index contributed by atoms with van der Waals surface area (Å²) in [6, 6.07) is 18.0. The highest BCUT2D eigenvalue weighted by Gasteiger charge is 2.29. The van der Waals surface area contributed by atoms with Crippen LogP contribution in [-0.4, -0.2) is 54.4 Å². The van der Waals surface area contributed by atoms with E-state index in [1.807, 2.05) is 49.4 Å². The first-order chi connectivity index (χ1) is 23.2. The van der Waals surface area contributed by atoms with Crippen LogP contribution >= 0.6 is 12.4 Å². The third kappa shape index (κ3) is 8.97. The normalized spacial score (nSPS) is 18.7. The number of aromatic amines is 1. The number of carbonyl (C=O) groups excluding carboxylic acids is 3. The summed E-state index contributed by atoms with van der Waals surface area (Å²) in [5, 5.41) is 12.4. The van der Waals surface area contributed by atoms with Crippen LogP contribution in [0.15, 0.2) is 69.9 Å². The molecule has 1 aliphatic heterocycles. The van der Waals surface area contributed by atoms with Crippen LogP contribution in [-0.2, 0) is 16.0 Å². The summed E-state index contributed by atoms with van der Waals surface area (Å²) in [4.78, 5) is 54.1. The van der Waals surface area contributed by atoms with Crippen molar-refractivity contribution in [1.29, 1.82) is 0 Å². The zero-order valence-corrected chi connectivity index (χ0v) is 28.5. The van der Waals surface area contributed by atoms with Crippen molar-refractivity contribution in [2.45, 2.75) is 64.0 Å². The van der Waals surface area contributed by atoms with E-state index in [2.05, 4.69) is 26.3 Å². The molecule has 1 saturated carbocycles. The average molecular weight is 689 g/mol. The molecular weight excluding hydrogens is 644 g/mol. The first-order valence-corrected chi connectivity index (χ1v) is 16.9. The van der Waals surface area contributed by atoms with Crippen molar-refractivity contribution < 1.29 is 18.8 Å². The Labute approximate surface area is 291 Å². The lowest BCUT2D eigenvalue weighted by atomic mass is 9.81. The minimum Gasteiger partial charge on any atom is -0.408 e. The maximum absolute atomic E-state index is 13.6. The molecule has 12 heteroatoms. The first kappa shape index (κ1) is 35.8. The number of rotatable bonds is 10. The third-order valence-electron chi connectivity index (χ3n) is 9.74. The van der Waals surface area contributed by atoms with Crippen molar-refractivity contribution in [3.8, 4) is 11.1 Å². The van der Waals surface area contributed by atoms with Crippen LogP contribution in [0.2, 0.25) is 0 Å². The number of halogens is 1. The van der Waals surface area contributed by atoms with Crippen molar-refractivity contribution in [2.24, 2.45) is 17.6 Å². The number of amides is 3. The fourth-order valence-electron chi connectivity index (χ4n) is 6.83. The number of oxazole rings is 1. The van der Waals surface area contributed by atoms with E-state index in [-0.39, 0.29) is 48.5 Å². The Morgan fingerprint density at radius 2 is 1.67 bits per heavy atom. The smallest absolute Gasteiger partial charge is 0.408 e. The second kappa shape index (κ2) is 16.3. The average Bonchev–Trinajstić information content (AvgIpc) is 3.48. The van der Waals surface area contributed by atoms with Gasteiger partial charge in [-0.3, -0.25) is 19.4 Å². The lowest BCUT2D eigenvalue weighted by Crippen LogP contribution is -2.48. The standard InChI is InChI=1S/C37H44N6O5.ClH/c1-22-18-27(35(45)40-28-14-16-39-17-15-28)10-12-30(22)25-6-2-23(3-7-25)19-32(42-34(44)26-8-4-24(21-38)5-9-26)36(46)41-29-11-13-31-33(20-29)48-37(47)43-31;/h2-3,6-7,10-13,18,20,24,26,28,32,39H,4-5,8-9,14-17,19,21,38H2,1H3,(H,40,45)(H,41,46)(H,42,44)(H,43,47);1H/t24-,26-,32-;/m0./s1. The SMILES string of the molecule is Cc1cc(C(=O)NC2CCNCC2)ccc1-c1ccc(C[C@H](NC(=O)[C@H]2CC[C@H](CN)CC2)C(=O)Nc2ccc3[nH]c(=O)oc3c2)cc1.Cl. The number of hydrogen-bond donors (Lipinski definition) is 6. The fraction of sp³-hybridized carbons (Fsp3) is 0.405. The Kier molecular flexibility index (Phi) is 11.9. The molecule has 11 nitrogen and oxygen atoms in total. The Morgan fingerprint density at radius 3 is 2.37 bits per heavy atom. The zero-order valence-electron chi connectivity index (χ0n) is 27.7. The summed E-state index contributed by atoms with van der Waals surface area (Å²) < 4.78 is 5.15. The molecule has 3 aromatic carbocycles. The molecule has 1 saturated heterocycles. The van der Waals surface area contributed by atoms with Crippen LogP contribution in [0, 0.1) is 18.8 Å². The molecule has 4 aromatic rings. The van der Waals surface area contributed by atoms with E-state index in [9.17, 15) is 19.2 Å². The molecule has 49 heavy (non-hydrogen) atoms. The van der Waals surface area contributed by atoms with Gasteiger partial charge < -0.3 is 31.4 Å². The number of nitrogens with two attached hydrogens (primary N) is 1. The van der Waals surface area contributed by atoms with Gasteiger partial charge in [-0.2, -0.15) is 0 Å². The summed E-state index contributed by atoms with van der Waals surface area (Å²) in [6.07, 6.45) is 5.44. The fourth-order valence-corrected chi connectivity index (χ4v) is 6.83. The molecule has 2 heterocycles. The quantitative estimate of drug-likeness (QED) is 0.143. The van der Waals surface area contributed by atoms with Gasteiger partial charge in [0.05, 0.1) is 5.52 Å². The second-order valence-electron chi connectivity index (χ2n) is 13.2. The van der Waals surface area contributed by atoms with E-state index in [0.29, 0.717) is 34.8 Å². The predicted molar refractivity (Wildman–Crippen MR) is 193 cm³/mol. The number of fused-ring (bicyclic) bond motifs is 1. The molecule has 1 aliphatic carbocycles. The highest BCUT2D eigenvalue weighted by molar-refractivity contribution is 5.99. The van der Waals surface area contributed by atoms with Crippen LogP contribution in [0.5, 0.6) is 0 Å². The van der Waals surface area contributed by atoms with Crippen LogP contribution in [0.4, 0.5) is 5.69 Å². The number of benzene rings is 3. The maximum Gasteiger partial charge on any atom is 0.417 e. The summed E-state index contributed by atoms with van der Waals surface area (Å²) in [5.41, 5.74) is 11.7. The number of anilines is 1.